The number of rotatable bonds is 2. The number of aliphatic hydroxyl groups is 1. The number of halogens is 1. The Morgan fingerprint density at radius 2 is 2.27 bits per heavy atom. The number of aryl methyl sites for hydroxylation is 1. The van der Waals surface area contributed by atoms with Gasteiger partial charge in [-0.2, -0.15) is 0 Å². The third-order valence-corrected chi connectivity index (χ3v) is 4.64. The summed E-state index contributed by atoms with van der Waals surface area (Å²) in [6.07, 6.45) is 3.77. The lowest BCUT2D eigenvalue weighted by Gasteiger charge is -2.33. The Bertz CT molecular complexity index is 852. The summed E-state index contributed by atoms with van der Waals surface area (Å²) in [6, 6.07) is 10.5. The van der Waals surface area contributed by atoms with Gasteiger partial charge in [0.1, 0.15) is 5.60 Å². The Balaban J connectivity index is 1.61. The summed E-state index contributed by atoms with van der Waals surface area (Å²) in [5, 5.41) is 14.2. The molecule has 1 aliphatic carbocycles. The van der Waals surface area contributed by atoms with Crippen LogP contribution in [0.4, 0.5) is 4.79 Å². The third kappa shape index (κ3) is 4.81. The van der Waals surface area contributed by atoms with Crippen molar-refractivity contribution in [2.45, 2.75) is 37.3 Å². The first-order chi connectivity index (χ1) is 12.4. The zero-order valence-corrected chi connectivity index (χ0v) is 15.3. The Labute approximate surface area is 157 Å². The molecule has 1 fully saturated rings. The summed E-state index contributed by atoms with van der Waals surface area (Å²) < 4.78 is 6.99. The first-order valence-electron chi connectivity index (χ1n) is 8.54. The van der Waals surface area contributed by atoms with Crippen LogP contribution in [0, 0.1) is 11.8 Å². The van der Waals surface area contributed by atoms with Crippen LogP contribution >= 0.6 is 11.6 Å². The summed E-state index contributed by atoms with van der Waals surface area (Å²) in [4.78, 5) is 12.1. The number of amides is 1. The lowest BCUT2D eigenvalue weighted by molar-refractivity contribution is 0.0472. The molecule has 0 radical (unpaired) electrons. The number of benzene rings is 1. The van der Waals surface area contributed by atoms with Crippen LogP contribution in [-0.2, 0) is 7.05 Å². The second kappa shape index (κ2) is 7.86. The summed E-state index contributed by atoms with van der Waals surface area (Å²) in [7, 11) is 1.80. The van der Waals surface area contributed by atoms with Gasteiger partial charge < -0.3 is 19.7 Å². The minimum atomic E-state index is -1.14. The van der Waals surface area contributed by atoms with E-state index in [2.05, 4.69) is 17.2 Å². The average Bonchev–Trinajstić information content (AvgIpc) is 2.98. The Hall–Kier alpha value is -2.42. The van der Waals surface area contributed by atoms with Gasteiger partial charge in [-0.05, 0) is 43.5 Å². The first kappa shape index (κ1) is 18.4. The minimum absolute atomic E-state index is 0.185. The van der Waals surface area contributed by atoms with Crippen molar-refractivity contribution in [2.75, 3.05) is 0 Å². The highest BCUT2D eigenvalue weighted by Gasteiger charge is 2.33. The number of carbonyl (C=O) groups is 1. The fourth-order valence-electron chi connectivity index (χ4n) is 3.09. The zero-order valence-electron chi connectivity index (χ0n) is 14.5. The number of ether oxygens (including phenoxy) is 1. The van der Waals surface area contributed by atoms with Gasteiger partial charge >= 0.3 is 6.09 Å². The van der Waals surface area contributed by atoms with E-state index in [9.17, 15) is 9.90 Å². The molecule has 0 unspecified atom stereocenters. The van der Waals surface area contributed by atoms with Gasteiger partial charge in [0.05, 0.1) is 0 Å². The van der Waals surface area contributed by atoms with Crippen molar-refractivity contribution in [2.24, 2.45) is 7.05 Å². The fourth-order valence-corrected chi connectivity index (χ4v) is 3.28. The van der Waals surface area contributed by atoms with Crippen molar-refractivity contribution in [1.29, 1.82) is 0 Å². The first-order valence-corrected chi connectivity index (χ1v) is 8.92. The molecule has 1 saturated carbocycles. The van der Waals surface area contributed by atoms with E-state index in [0.717, 1.165) is 18.4 Å². The molecule has 1 aromatic carbocycles. The van der Waals surface area contributed by atoms with E-state index in [1.165, 1.54) is 0 Å². The predicted octanol–water partition coefficient (Wildman–Crippen LogP) is 3.49. The van der Waals surface area contributed by atoms with Crippen LogP contribution in [0.25, 0.3) is 0 Å². The van der Waals surface area contributed by atoms with Gasteiger partial charge in [-0.1, -0.05) is 29.5 Å². The van der Waals surface area contributed by atoms with Crippen LogP contribution in [0.15, 0.2) is 42.6 Å². The minimum Gasteiger partial charge on any atom is -0.393 e. The normalized spacial score (nSPS) is 22.2. The maximum absolute atomic E-state index is 12.1. The molecule has 136 valence electrons. The van der Waals surface area contributed by atoms with Gasteiger partial charge in [0.25, 0.3) is 0 Å². The van der Waals surface area contributed by atoms with Crippen molar-refractivity contribution in [3.05, 3.63) is 53.2 Å². The summed E-state index contributed by atoms with van der Waals surface area (Å²) in [5.41, 5.74) is -0.382. The molecular weight excluding hydrogens is 352 g/mol. The number of nitrogens with zero attached hydrogens (tertiary/aromatic N) is 1. The number of nitrogens with one attached hydrogen (secondary N) is 1. The van der Waals surface area contributed by atoms with E-state index >= 15 is 0 Å². The van der Waals surface area contributed by atoms with Crippen LogP contribution in [0.5, 0.6) is 5.88 Å². The molecule has 0 aliphatic heterocycles. The number of hydrogen-bond donors (Lipinski definition) is 2. The smallest absolute Gasteiger partial charge is 0.393 e. The number of aromatic nitrogens is 1. The second-order valence-corrected chi connectivity index (χ2v) is 7.01. The molecule has 0 spiro atoms. The van der Waals surface area contributed by atoms with Gasteiger partial charge in [0.2, 0.25) is 5.88 Å². The van der Waals surface area contributed by atoms with E-state index < -0.39 is 11.7 Å². The van der Waals surface area contributed by atoms with Crippen molar-refractivity contribution < 1.29 is 14.6 Å². The lowest BCUT2D eigenvalue weighted by atomic mass is 9.82. The van der Waals surface area contributed by atoms with Gasteiger partial charge in [0, 0.05) is 42.4 Å². The quantitative estimate of drug-likeness (QED) is 0.793. The molecule has 1 amide bonds. The fraction of sp³-hybridized carbons (Fsp3) is 0.350. The highest BCUT2D eigenvalue weighted by Crippen LogP contribution is 2.28. The van der Waals surface area contributed by atoms with E-state index in [1.807, 2.05) is 12.1 Å². The molecule has 2 atom stereocenters. The van der Waals surface area contributed by atoms with Gasteiger partial charge in [-0.15, -0.1) is 0 Å². The van der Waals surface area contributed by atoms with Crippen molar-refractivity contribution in [3.63, 3.8) is 0 Å². The van der Waals surface area contributed by atoms with Gasteiger partial charge in [-0.25, -0.2) is 4.79 Å². The standard InChI is InChI=1S/C20H21ClN2O3/c1-23-12-4-8-18(23)26-19(24)22-17-7-3-10-20(25,14-17)11-9-15-5-2-6-16(21)13-15/h2,4-6,8,12-13,17,25H,3,7,10,14H2,1H3,(H,22,24)/t17-,20+/m0/s1. The molecule has 5 nitrogen and oxygen atoms in total. The molecule has 2 aromatic rings. The van der Waals surface area contributed by atoms with Gasteiger partial charge in [0.15, 0.2) is 0 Å². The molecule has 1 aromatic heterocycles. The molecule has 0 bridgehead atoms. The average molecular weight is 373 g/mol. The monoisotopic (exact) mass is 372 g/mol. The van der Waals surface area contributed by atoms with E-state index in [4.69, 9.17) is 16.3 Å². The van der Waals surface area contributed by atoms with Gasteiger partial charge in [-0.3, -0.25) is 0 Å². The van der Waals surface area contributed by atoms with Crippen LogP contribution < -0.4 is 10.1 Å². The molecule has 6 heteroatoms. The Morgan fingerprint density at radius 3 is 3.00 bits per heavy atom. The highest BCUT2D eigenvalue weighted by molar-refractivity contribution is 6.30. The lowest BCUT2D eigenvalue weighted by Crippen LogP contribution is -2.46. The Kier molecular flexibility index (Phi) is 5.55. The third-order valence-electron chi connectivity index (χ3n) is 4.41. The second-order valence-electron chi connectivity index (χ2n) is 6.58. The number of hydrogen-bond acceptors (Lipinski definition) is 3. The van der Waals surface area contributed by atoms with Crippen LogP contribution in [0.1, 0.15) is 31.2 Å². The van der Waals surface area contributed by atoms with E-state index in [1.54, 1.807) is 42.1 Å². The summed E-state index contributed by atoms with van der Waals surface area (Å²) in [5.74, 6) is 6.40. The molecule has 0 saturated heterocycles. The van der Waals surface area contributed by atoms with Crippen molar-refractivity contribution in [1.82, 2.24) is 9.88 Å². The molecule has 1 aliphatic rings. The van der Waals surface area contributed by atoms with Crippen molar-refractivity contribution in [3.8, 4) is 17.7 Å². The van der Waals surface area contributed by atoms with E-state index in [0.29, 0.717) is 23.7 Å². The zero-order chi connectivity index (χ0) is 18.6. The maximum Gasteiger partial charge on any atom is 0.414 e. The SMILES string of the molecule is Cn1cccc1OC(=O)N[C@H]1CCC[C@@](O)(C#Cc2cccc(Cl)c2)C1. The van der Waals surface area contributed by atoms with Crippen LogP contribution in [0.2, 0.25) is 5.02 Å². The molecule has 3 rings (SSSR count). The largest absolute Gasteiger partial charge is 0.414 e. The molecule has 2 N–H and O–H groups in total. The Morgan fingerprint density at radius 1 is 1.42 bits per heavy atom. The topological polar surface area (TPSA) is 63.5 Å². The molecule has 1 heterocycles. The van der Waals surface area contributed by atoms with Crippen molar-refractivity contribution >= 4 is 17.7 Å². The summed E-state index contributed by atoms with van der Waals surface area (Å²) in [6.45, 7) is 0. The van der Waals surface area contributed by atoms with Crippen LogP contribution in [0.3, 0.4) is 0 Å². The van der Waals surface area contributed by atoms with Crippen LogP contribution in [-0.4, -0.2) is 27.4 Å². The molecular formula is C20H21ClN2O3. The maximum atomic E-state index is 12.1. The number of carbonyl (C=O) groups excluding carboxylic acids is 1. The molecule has 26 heavy (non-hydrogen) atoms. The summed E-state index contributed by atoms with van der Waals surface area (Å²) >= 11 is 5.96. The highest BCUT2D eigenvalue weighted by atomic mass is 35.5. The predicted molar refractivity (Wildman–Crippen MR) is 100 cm³/mol. The van der Waals surface area contributed by atoms with E-state index in [-0.39, 0.29) is 6.04 Å².